The van der Waals surface area contributed by atoms with Crippen molar-refractivity contribution >= 4 is 27.2 Å². The maximum atomic E-state index is 13.9. The summed E-state index contributed by atoms with van der Waals surface area (Å²) in [5.74, 6) is 0.127. The van der Waals surface area contributed by atoms with Gasteiger partial charge in [0.15, 0.2) is 0 Å². The van der Waals surface area contributed by atoms with Crippen molar-refractivity contribution in [2.24, 2.45) is 10.3 Å². The number of fused-ring (bicyclic) bond motifs is 1. The van der Waals surface area contributed by atoms with E-state index in [1.807, 2.05) is 4.90 Å². The Labute approximate surface area is 128 Å². The first-order valence-electron chi connectivity index (χ1n) is 7.46. The van der Waals surface area contributed by atoms with Crippen LogP contribution in [0.15, 0.2) is 21.4 Å². The van der Waals surface area contributed by atoms with Gasteiger partial charge in [0.1, 0.15) is 16.5 Å². The molecular formula is C14H17FN4O2S. The third-order valence-electron chi connectivity index (χ3n) is 4.22. The van der Waals surface area contributed by atoms with Crippen molar-refractivity contribution in [2.75, 3.05) is 36.4 Å². The van der Waals surface area contributed by atoms with Crippen molar-refractivity contribution in [1.82, 2.24) is 5.32 Å². The predicted octanol–water partition coefficient (Wildman–Crippen LogP) is 1.16. The topological polar surface area (TPSA) is 73.8 Å². The zero-order valence-corrected chi connectivity index (χ0v) is 12.8. The molecule has 0 aromatic heterocycles. The number of anilines is 2. The molecule has 3 aliphatic rings. The largest absolute Gasteiger partial charge is 0.367 e. The number of sulfonamides is 1. The van der Waals surface area contributed by atoms with E-state index in [1.54, 1.807) is 0 Å². The van der Waals surface area contributed by atoms with E-state index < -0.39 is 15.8 Å². The van der Waals surface area contributed by atoms with Crippen LogP contribution in [0.3, 0.4) is 0 Å². The minimum absolute atomic E-state index is 0.0644. The molecule has 1 aromatic carbocycles. The van der Waals surface area contributed by atoms with Gasteiger partial charge in [0, 0.05) is 32.1 Å². The fraction of sp³-hybridized carbons (Fsp3) is 0.500. The van der Waals surface area contributed by atoms with E-state index in [9.17, 15) is 12.8 Å². The summed E-state index contributed by atoms with van der Waals surface area (Å²) in [5, 5.41) is 6.38. The maximum absolute atomic E-state index is 13.9. The first-order valence-corrected chi connectivity index (χ1v) is 8.90. The summed E-state index contributed by atoms with van der Waals surface area (Å²) in [7, 11) is -3.84. The first kappa shape index (κ1) is 14.0. The molecule has 2 N–H and O–H groups in total. The van der Waals surface area contributed by atoms with Crippen LogP contribution in [0.5, 0.6) is 0 Å². The zero-order chi connectivity index (χ0) is 15.3. The van der Waals surface area contributed by atoms with Gasteiger partial charge in [0.25, 0.3) is 10.0 Å². The number of nitrogens with one attached hydrogen (secondary N) is 2. The quantitative estimate of drug-likeness (QED) is 0.854. The molecular weight excluding hydrogens is 307 g/mol. The Hall–Kier alpha value is -1.67. The van der Waals surface area contributed by atoms with E-state index >= 15 is 0 Å². The number of amidine groups is 1. The number of hydrogen-bond acceptors (Lipinski definition) is 5. The molecule has 1 saturated heterocycles. The summed E-state index contributed by atoms with van der Waals surface area (Å²) >= 11 is 0. The number of rotatable bonds is 2. The number of nitrogens with zero attached hydrogens (tertiary/aromatic N) is 2. The lowest BCUT2D eigenvalue weighted by molar-refractivity contribution is 0.580. The molecule has 2 heterocycles. The lowest BCUT2D eigenvalue weighted by Crippen LogP contribution is -2.44. The van der Waals surface area contributed by atoms with E-state index in [-0.39, 0.29) is 10.8 Å². The molecule has 2 fully saturated rings. The Morgan fingerprint density at radius 1 is 1.23 bits per heavy atom. The smallest absolute Gasteiger partial charge is 0.286 e. The molecule has 1 aliphatic carbocycles. The summed E-state index contributed by atoms with van der Waals surface area (Å²) in [5.41, 5.74) is 1.08. The van der Waals surface area contributed by atoms with Crippen LogP contribution in [0.1, 0.15) is 12.8 Å². The van der Waals surface area contributed by atoms with Crippen LogP contribution < -0.4 is 15.5 Å². The Kier molecular flexibility index (Phi) is 3.12. The van der Waals surface area contributed by atoms with E-state index in [2.05, 4.69) is 15.0 Å². The standard InChI is InChI=1S/C14H17FN4O2S/c15-10-7-11(19-5-3-16-4-6-19)13-12(8-10)22(20,21)18-14(17-13)9-1-2-9/h7-9,16H,1-6H2,(H,17,18). The third-order valence-corrected chi connectivity index (χ3v) is 5.53. The Morgan fingerprint density at radius 2 is 1.95 bits per heavy atom. The van der Waals surface area contributed by atoms with E-state index in [4.69, 9.17) is 0 Å². The van der Waals surface area contributed by atoms with Gasteiger partial charge in [-0.25, -0.2) is 4.39 Å². The molecule has 22 heavy (non-hydrogen) atoms. The third kappa shape index (κ3) is 2.36. The molecule has 0 spiro atoms. The lowest BCUT2D eigenvalue weighted by Gasteiger charge is -2.32. The fourth-order valence-electron chi connectivity index (χ4n) is 2.92. The molecule has 1 saturated carbocycles. The van der Waals surface area contributed by atoms with Gasteiger partial charge in [0.2, 0.25) is 0 Å². The summed E-state index contributed by atoms with van der Waals surface area (Å²) in [4.78, 5) is 1.95. The van der Waals surface area contributed by atoms with Crippen LogP contribution in [0.2, 0.25) is 0 Å². The van der Waals surface area contributed by atoms with Crippen LogP contribution >= 0.6 is 0 Å². The van der Waals surface area contributed by atoms with Crippen LogP contribution in [0, 0.1) is 11.7 Å². The maximum Gasteiger partial charge on any atom is 0.286 e. The van der Waals surface area contributed by atoms with Crippen molar-refractivity contribution in [3.05, 3.63) is 17.9 Å². The molecule has 0 atom stereocenters. The Balaban J connectivity index is 1.84. The highest BCUT2D eigenvalue weighted by Crippen LogP contribution is 2.41. The SMILES string of the molecule is O=S1(=O)N=C(C2CC2)Nc2c(N3CCNCC3)cc(F)cc21. The van der Waals surface area contributed by atoms with Gasteiger partial charge in [-0.3, -0.25) is 0 Å². The molecule has 1 aromatic rings. The minimum atomic E-state index is -3.84. The van der Waals surface area contributed by atoms with Crippen LogP contribution in [-0.4, -0.2) is 40.4 Å². The molecule has 118 valence electrons. The first-order chi connectivity index (χ1) is 10.5. The number of hydrogen-bond donors (Lipinski definition) is 2. The van der Waals surface area contributed by atoms with Gasteiger partial charge >= 0.3 is 0 Å². The molecule has 0 unspecified atom stereocenters. The summed E-state index contributed by atoms with van der Waals surface area (Å²) in [6.07, 6.45) is 1.89. The van der Waals surface area contributed by atoms with E-state index in [0.29, 0.717) is 30.3 Å². The summed E-state index contributed by atoms with van der Waals surface area (Å²) in [6, 6.07) is 2.46. The predicted molar refractivity (Wildman–Crippen MR) is 82.5 cm³/mol. The normalized spacial score (nSPS) is 23.5. The van der Waals surface area contributed by atoms with Crippen molar-refractivity contribution in [3.63, 3.8) is 0 Å². The Morgan fingerprint density at radius 3 is 2.64 bits per heavy atom. The molecule has 0 amide bonds. The summed E-state index contributed by atoms with van der Waals surface area (Å²) < 4.78 is 42.5. The minimum Gasteiger partial charge on any atom is -0.367 e. The molecule has 0 radical (unpaired) electrons. The second-order valence-corrected chi connectivity index (χ2v) is 7.46. The number of halogens is 1. The highest BCUT2D eigenvalue weighted by molar-refractivity contribution is 7.90. The summed E-state index contributed by atoms with van der Waals surface area (Å²) in [6.45, 7) is 3.02. The molecule has 4 rings (SSSR count). The number of benzene rings is 1. The highest BCUT2D eigenvalue weighted by atomic mass is 32.2. The van der Waals surface area contributed by atoms with Crippen molar-refractivity contribution in [1.29, 1.82) is 0 Å². The van der Waals surface area contributed by atoms with Gasteiger partial charge < -0.3 is 15.5 Å². The average molecular weight is 324 g/mol. The van der Waals surface area contributed by atoms with Crippen LogP contribution in [-0.2, 0) is 10.0 Å². The van der Waals surface area contributed by atoms with Gasteiger partial charge in [0.05, 0.1) is 11.4 Å². The van der Waals surface area contributed by atoms with Crippen LogP contribution in [0.25, 0.3) is 0 Å². The number of piperazine rings is 1. The average Bonchev–Trinajstić information content (AvgIpc) is 3.32. The lowest BCUT2D eigenvalue weighted by atomic mass is 10.2. The van der Waals surface area contributed by atoms with Gasteiger partial charge in [-0.1, -0.05) is 0 Å². The second-order valence-electron chi connectivity index (χ2n) is 5.89. The monoisotopic (exact) mass is 324 g/mol. The molecule has 8 heteroatoms. The van der Waals surface area contributed by atoms with Gasteiger partial charge in [-0.05, 0) is 25.0 Å². The highest BCUT2D eigenvalue weighted by Gasteiger charge is 2.36. The van der Waals surface area contributed by atoms with Gasteiger partial charge in [-0.2, -0.15) is 8.42 Å². The zero-order valence-electron chi connectivity index (χ0n) is 12.0. The van der Waals surface area contributed by atoms with E-state index in [1.165, 1.54) is 6.07 Å². The van der Waals surface area contributed by atoms with Crippen LogP contribution in [0.4, 0.5) is 15.8 Å². The van der Waals surface area contributed by atoms with Crippen molar-refractivity contribution < 1.29 is 12.8 Å². The molecule has 0 bridgehead atoms. The van der Waals surface area contributed by atoms with Crippen molar-refractivity contribution in [2.45, 2.75) is 17.7 Å². The Bertz CT molecular complexity index is 752. The van der Waals surface area contributed by atoms with Gasteiger partial charge in [-0.15, -0.1) is 4.40 Å². The second kappa shape index (κ2) is 4.92. The fourth-order valence-corrected chi connectivity index (χ4v) is 4.14. The molecule has 2 aliphatic heterocycles. The van der Waals surface area contributed by atoms with Crippen molar-refractivity contribution in [3.8, 4) is 0 Å². The van der Waals surface area contributed by atoms with E-state index in [0.717, 1.165) is 32.0 Å². The molecule has 6 nitrogen and oxygen atoms in total.